The fraction of sp³-hybridized carbons (Fsp3) is 0.240. The molecule has 0 saturated carbocycles. The van der Waals surface area contributed by atoms with Crippen molar-refractivity contribution in [2.45, 2.75) is 13.5 Å². The summed E-state index contributed by atoms with van der Waals surface area (Å²) in [6.07, 6.45) is 0. The number of nitrogens with one attached hydrogen (secondary N) is 2. The lowest BCUT2D eigenvalue weighted by Gasteiger charge is -2.15. The Morgan fingerprint density at radius 2 is 1.62 bits per heavy atom. The van der Waals surface area contributed by atoms with E-state index in [1.165, 1.54) is 0 Å². The molecule has 0 bridgehead atoms. The van der Waals surface area contributed by atoms with Gasteiger partial charge in [-0.25, -0.2) is 0 Å². The quantitative estimate of drug-likeness (QED) is 0.452. The molecule has 2 N–H and O–H groups in total. The number of anilines is 2. The van der Waals surface area contributed by atoms with Crippen molar-refractivity contribution in [1.82, 2.24) is 0 Å². The van der Waals surface area contributed by atoms with E-state index in [1.54, 1.807) is 26.4 Å². The smallest absolute Gasteiger partial charge is 0.262 e. The number of para-hydroxylation sites is 2. The molecule has 0 saturated heterocycles. The Morgan fingerprint density at radius 3 is 2.34 bits per heavy atom. The van der Waals surface area contributed by atoms with E-state index in [1.807, 2.05) is 61.5 Å². The van der Waals surface area contributed by atoms with Crippen LogP contribution in [-0.4, -0.2) is 33.3 Å². The second-order valence-corrected chi connectivity index (χ2v) is 6.83. The summed E-state index contributed by atoms with van der Waals surface area (Å²) in [7, 11) is 3.20. The van der Waals surface area contributed by atoms with Crippen molar-refractivity contribution in [3.63, 3.8) is 0 Å². The van der Waals surface area contributed by atoms with Crippen molar-refractivity contribution >= 4 is 17.3 Å². The van der Waals surface area contributed by atoms with Crippen LogP contribution in [0.25, 0.3) is 0 Å². The first-order chi connectivity index (χ1) is 15.6. The number of carbonyl (C=O) groups is 1. The van der Waals surface area contributed by atoms with Crippen molar-refractivity contribution in [1.29, 1.82) is 0 Å². The lowest BCUT2D eigenvalue weighted by molar-refractivity contribution is -0.118. The Hall–Kier alpha value is -3.87. The van der Waals surface area contributed by atoms with E-state index in [2.05, 4.69) is 10.6 Å². The Labute approximate surface area is 188 Å². The van der Waals surface area contributed by atoms with Gasteiger partial charge in [0.15, 0.2) is 18.1 Å². The number of hydrogen-bond acceptors (Lipinski definition) is 6. The molecule has 1 amide bonds. The average molecular weight is 437 g/mol. The molecular weight excluding hydrogens is 408 g/mol. The summed E-state index contributed by atoms with van der Waals surface area (Å²) < 4.78 is 21.9. The zero-order valence-electron chi connectivity index (χ0n) is 18.5. The number of methoxy groups -OCH3 is 2. The first kappa shape index (κ1) is 22.8. The van der Waals surface area contributed by atoms with Crippen LogP contribution in [0.2, 0.25) is 0 Å². The minimum absolute atomic E-state index is 0.151. The van der Waals surface area contributed by atoms with Gasteiger partial charge in [0.25, 0.3) is 5.91 Å². The maximum atomic E-state index is 12.3. The maximum Gasteiger partial charge on any atom is 0.262 e. The van der Waals surface area contributed by atoms with Crippen LogP contribution < -0.4 is 29.6 Å². The van der Waals surface area contributed by atoms with Gasteiger partial charge >= 0.3 is 0 Å². The molecule has 7 heteroatoms. The normalized spacial score (nSPS) is 10.2. The summed E-state index contributed by atoms with van der Waals surface area (Å²) in [4.78, 5) is 12.3. The Bertz CT molecular complexity index is 1020. The number of carbonyl (C=O) groups excluding carboxylic acids is 1. The van der Waals surface area contributed by atoms with Crippen LogP contribution in [0.15, 0.2) is 66.7 Å². The molecule has 0 aliphatic carbocycles. The predicted octanol–water partition coefficient (Wildman–Crippen LogP) is 4.73. The van der Waals surface area contributed by atoms with Gasteiger partial charge in [0.2, 0.25) is 0 Å². The summed E-state index contributed by atoms with van der Waals surface area (Å²) in [5.41, 5.74) is 2.60. The van der Waals surface area contributed by atoms with Gasteiger partial charge in [-0.2, -0.15) is 0 Å². The monoisotopic (exact) mass is 436 g/mol. The van der Waals surface area contributed by atoms with Gasteiger partial charge in [0.1, 0.15) is 11.5 Å². The molecule has 0 heterocycles. The molecule has 0 radical (unpaired) electrons. The van der Waals surface area contributed by atoms with Gasteiger partial charge in [-0.1, -0.05) is 18.2 Å². The fourth-order valence-corrected chi connectivity index (χ4v) is 3.04. The molecule has 3 rings (SSSR count). The number of rotatable bonds is 11. The first-order valence-electron chi connectivity index (χ1n) is 10.3. The molecule has 0 spiro atoms. The van der Waals surface area contributed by atoms with Crippen LogP contribution in [0.5, 0.6) is 23.0 Å². The third-order valence-corrected chi connectivity index (χ3v) is 4.63. The van der Waals surface area contributed by atoms with Gasteiger partial charge in [-0.15, -0.1) is 0 Å². The molecular formula is C25H28N2O5. The van der Waals surface area contributed by atoms with Crippen molar-refractivity contribution in [2.75, 3.05) is 38.1 Å². The van der Waals surface area contributed by atoms with Crippen molar-refractivity contribution in [2.24, 2.45) is 0 Å². The van der Waals surface area contributed by atoms with Crippen LogP contribution >= 0.6 is 0 Å². The second kappa shape index (κ2) is 11.5. The second-order valence-electron chi connectivity index (χ2n) is 6.83. The van der Waals surface area contributed by atoms with Gasteiger partial charge in [-0.3, -0.25) is 4.79 Å². The van der Waals surface area contributed by atoms with E-state index in [0.717, 1.165) is 17.0 Å². The zero-order chi connectivity index (χ0) is 22.8. The molecule has 0 aromatic heterocycles. The highest BCUT2D eigenvalue weighted by Crippen LogP contribution is 2.29. The summed E-state index contributed by atoms with van der Waals surface area (Å²) in [6.45, 7) is 2.85. The molecule has 3 aromatic rings. The Kier molecular flexibility index (Phi) is 8.20. The molecule has 32 heavy (non-hydrogen) atoms. The zero-order valence-corrected chi connectivity index (χ0v) is 18.5. The Balaban J connectivity index is 1.60. The van der Waals surface area contributed by atoms with Crippen LogP contribution in [-0.2, 0) is 11.3 Å². The number of amides is 1. The molecule has 7 nitrogen and oxygen atoms in total. The standard InChI is InChI=1S/C25H28N2O5/c1-4-31-24-15-18(16-26-19-10-12-20(29-2)13-11-19)9-14-23(24)32-17-25(28)27-21-7-5-6-8-22(21)30-3/h5-15,26H,4,16-17H2,1-3H3,(H,27,28). The predicted molar refractivity (Wildman–Crippen MR) is 125 cm³/mol. The van der Waals surface area contributed by atoms with Gasteiger partial charge in [0, 0.05) is 12.2 Å². The fourth-order valence-electron chi connectivity index (χ4n) is 3.04. The summed E-state index contributed by atoms with van der Waals surface area (Å²) >= 11 is 0. The molecule has 0 atom stereocenters. The van der Waals surface area contributed by atoms with E-state index in [-0.39, 0.29) is 12.5 Å². The van der Waals surface area contributed by atoms with Gasteiger partial charge in [0.05, 0.1) is 26.5 Å². The molecule has 3 aromatic carbocycles. The van der Waals surface area contributed by atoms with Crippen molar-refractivity contribution in [3.05, 3.63) is 72.3 Å². The highest BCUT2D eigenvalue weighted by Gasteiger charge is 2.11. The van der Waals surface area contributed by atoms with E-state index in [0.29, 0.717) is 36.1 Å². The summed E-state index contributed by atoms with van der Waals surface area (Å²) in [5.74, 6) is 2.21. The molecule has 0 aliphatic heterocycles. The van der Waals surface area contributed by atoms with Crippen molar-refractivity contribution in [3.8, 4) is 23.0 Å². The topological polar surface area (TPSA) is 78.0 Å². The van der Waals surface area contributed by atoms with Crippen LogP contribution in [0, 0.1) is 0 Å². The van der Waals surface area contributed by atoms with E-state index >= 15 is 0 Å². The van der Waals surface area contributed by atoms with Gasteiger partial charge < -0.3 is 29.6 Å². The minimum Gasteiger partial charge on any atom is -0.497 e. The number of ether oxygens (including phenoxy) is 4. The number of hydrogen-bond donors (Lipinski definition) is 2. The highest BCUT2D eigenvalue weighted by atomic mass is 16.5. The van der Waals surface area contributed by atoms with Crippen LogP contribution in [0.1, 0.15) is 12.5 Å². The minimum atomic E-state index is -0.290. The third kappa shape index (κ3) is 6.31. The lowest BCUT2D eigenvalue weighted by Crippen LogP contribution is -2.20. The van der Waals surface area contributed by atoms with Crippen molar-refractivity contribution < 1.29 is 23.7 Å². The average Bonchev–Trinajstić information content (AvgIpc) is 2.83. The van der Waals surface area contributed by atoms with E-state index in [9.17, 15) is 4.79 Å². The highest BCUT2D eigenvalue weighted by molar-refractivity contribution is 5.93. The van der Waals surface area contributed by atoms with Gasteiger partial charge in [-0.05, 0) is 61.0 Å². The first-order valence-corrected chi connectivity index (χ1v) is 10.3. The SMILES string of the molecule is CCOc1cc(CNc2ccc(OC)cc2)ccc1OCC(=O)Nc1ccccc1OC. The van der Waals surface area contributed by atoms with E-state index < -0.39 is 0 Å². The maximum absolute atomic E-state index is 12.3. The van der Waals surface area contributed by atoms with E-state index in [4.69, 9.17) is 18.9 Å². The number of benzene rings is 3. The summed E-state index contributed by atoms with van der Waals surface area (Å²) in [6, 6.07) is 20.6. The Morgan fingerprint density at radius 1 is 0.844 bits per heavy atom. The lowest BCUT2D eigenvalue weighted by atomic mass is 10.2. The van der Waals surface area contributed by atoms with Crippen LogP contribution in [0.3, 0.4) is 0 Å². The largest absolute Gasteiger partial charge is 0.497 e. The molecule has 0 unspecified atom stereocenters. The van der Waals surface area contributed by atoms with Crippen LogP contribution in [0.4, 0.5) is 11.4 Å². The third-order valence-electron chi connectivity index (χ3n) is 4.63. The molecule has 0 aliphatic rings. The summed E-state index contributed by atoms with van der Waals surface area (Å²) in [5, 5.41) is 6.15. The molecule has 0 fully saturated rings. The molecule has 168 valence electrons.